The van der Waals surface area contributed by atoms with Gasteiger partial charge in [-0.3, -0.25) is 4.99 Å². The van der Waals surface area contributed by atoms with Crippen LogP contribution in [0.5, 0.6) is 0 Å². The fourth-order valence-electron chi connectivity index (χ4n) is 2.42. The van der Waals surface area contributed by atoms with Crippen molar-refractivity contribution in [3.63, 3.8) is 0 Å². The van der Waals surface area contributed by atoms with Gasteiger partial charge >= 0.3 is 0 Å². The van der Waals surface area contributed by atoms with Crippen molar-refractivity contribution in [2.24, 2.45) is 10.7 Å². The molecule has 1 heterocycles. The number of nitrogens with zero attached hydrogens (tertiary/aromatic N) is 4. The summed E-state index contributed by atoms with van der Waals surface area (Å²) >= 11 is 0. The van der Waals surface area contributed by atoms with Crippen molar-refractivity contribution in [1.29, 1.82) is 5.26 Å². The molecule has 26 heavy (non-hydrogen) atoms. The van der Waals surface area contributed by atoms with Crippen LogP contribution >= 0.6 is 24.0 Å². The fourth-order valence-corrected chi connectivity index (χ4v) is 2.42. The molecule has 0 radical (unpaired) electrons. The van der Waals surface area contributed by atoms with Gasteiger partial charge < -0.3 is 16.8 Å². The molecule has 0 aliphatic rings. The molecule has 0 bridgehead atoms. The normalized spacial score (nSPS) is 10.9. The molecule has 0 aliphatic heterocycles. The third kappa shape index (κ3) is 5.62. The van der Waals surface area contributed by atoms with Crippen molar-refractivity contribution in [3.8, 4) is 11.8 Å². The molecule has 0 atom stereocenters. The number of aromatic nitrogens is 2. The number of hydrogen-bond acceptors (Lipinski definition) is 4. The second kappa shape index (κ2) is 10.7. The van der Waals surface area contributed by atoms with E-state index in [-0.39, 0.29) is 24.0 Å². The Morgan fingerprint density at radius 3 is 2.65 bits per heavy atom. The lowest BCUT2D eigenvalue weighted by molar-refractivity contribution is 0.736. The number of rotatable bonds is 7. The Bertz CT molecular complexity index is 772. The standard InChI is InChI=1S/C18H25N7.HI/c1-3-10-22-18(21)23-11-4-5-16-15(12-19)17(20)25(24-16)14-8-6-13(2)7-9-14;/h6-9H,3-5,10-11,20H2,1-2H3,(H3,21,22,23);1H. The largest absolute Gasteiger partial charge is 0.382 e. The first-order valence-corrected chi connectivity index (χ1v) is 8.45. The number of nitrogens with two attached hydrogens (primary N) is 2. The minimum Gasteiger partial charge on any atom is -0.382 e. The van der Waals surface area contributed by atoms with E-state index < -0.39 is 0 Å². The predicted molar refractivity (Wildman–Crippen MR) is 116 cm³/mol. The van der Waals surface area contributed by atoms with Gasteiger partial charge in [-0.05, 0) is 38.3 Å². The summed E-state index contributed by atoms with van der Waals surface area (Å²) in [6.45, 7) is 5.45. The minimum atomic E-state index is 0. The summed E-state index contributed by atoms with van der Waals surface area (Å²) in [5, 5.41) is 17.0. The van der Waals surface area contributed by atoms with Crippen LogP contribution in [0.2, 0.25) is 0 Å². The van der Waals surface area contributed by atoms with Crippen LogP contribution in [-0.4, -0.2) is 28.8 Å². The Labute approximate surface area is 171 Å². The average Bonchev–Trinajstić information content (AvgIpc) is 2.93. The van der Waals surface area contributed by atoms with Crippen LogP contribution in [0.1, 0.15) is 36.6 Å². The van der Waals surface area contributed by atoms with E-state index in [9.17, 15) is 5.26 Å². The molecule has 1 aromatic heterocycles. The summed E-state index contributed by atoms with van der Waals surface area (Å²) in [4.78, 5) is 4.18. The summed E-state index contributed by atoms with van der Waals surface area (Å²) < 4.78 is 1.62. The van der Waals surface area contributed by atoms with Gasteiger partial charge in [0.05, 0.1) is 11.4 Å². The highest BCUT2D eigenvalue weighted by molar-refractivity contribution is 14.0. The molecule has 2 rings (SSSR count). The number of nitrogens with one attached hydrogen (secondary N) is 1. The van der Waals surface area contributed by atoms with E-state index in [4.69, 9.17) is 11.5 Å². The maximum atomic E-state index is 9.41. The number of hydrogen-bond donors (Lipinski definition) is 3. The van der Waals surface area contributed by atoms with E-state index in [0.29, 0.717) is 36.0 Å². The van der Waals surface area contributed by atoms with Crippen LogP contribution < -0.4 is 16.8 Å². The summed E-state index contributed by atoms with van der Waals surface area (Å²) in [7, 11) is 0. The monoisotopic (exact) mass is 467 g/mol. The van der Waals surface area contributed by atoms with Gasteiger partial charge in [0.15, 0.2) is 5.96 Å². The number of halogens is 1. The predicted octanol–water partition coefficient (Wildman–Crippen LogP) is 2.50. The van der Waals surface area contributed by atoms with Gasteiger partial charge in [-0.15, -0.1) is 24.0 Å². The summed E-state index contributed by atoms with van der Waals surface area (Å²) in [6.07, 6.45) is 2.38. The third-order valence-corrected chi connectivity index (χ3v) is 3.79. The molecule has 0 amide bonds. The van der Waals surface area contributed by atoms with Crippen LogP contribution in [-0.2, 0) is 6.42 Å². The lowest BCUT2D eigenvalue weighted by atomic mass is 10.1. The minimum absolute atomic E-state index is 0. The van der Waals surface area contributed by atoms with E-state index in [2.05, 4.69) is 28.4 Å². The van der Waals surface area contributed by atoms with Crippen LogP contribution in [0.4, 0.5) is 5.82 Å². The van der Waals surface area contributed by atoms with Crippen LogP contribution in [0.3, 0.4) is 0 Å². The van der Waals surface area contributed by atoms with Crippen molar-refractivity contribution >= 4 is 35.8 Å². The van der Waals surface area contributed by atoms with E-state index in [1.54, 1.807) is 4.68 Å². The topological polar surface area (TPSA) is 118 Å². The fraction of sp³-hybridized carbons (Fsp3) is 0.389. The average molecular weight is 467 g/mol. The molecule has 0 fully saturated rings. The summed E-state index contributed by atoms with van der Waals surface area (Å²) in [5.74, 6) is 0.824. The quantitative estimate of drug-likeness (QED) is 0.250. The number of benzene rings is 1. The Morgan fingerprint density at radius 1 is 1.35 bits per heavy atom. The van der Waals surface area contributed by atoms with Crippen LogP contribution in [0.25, 0.3) is 5.69 Å². The Hall–Kier alpha value is -2.28. The van der Waals surface area contributed by atoms with Gasteiger partial charge in [-0.2, -0.15) is 10.4 Å². The first-order valence-electron chi connectivity index (χ1n) is 8.45. The molecule has 1 aromatic carbocycles. The number of anilines is 1. The molecular weight excluding hydrogens is 441 g/mol. The lowest BCUT2D eigenvalue weighted by Crippen LogP contribution is -2.32. The molecule has 8 heteroatoms. The zero-order valence-electron chi connectivity index (χ0n) is 15.2. The molecule has 0 saturated heterocycles. The third-order valence-electron chi connectivity index (χ3n) is 3.79. The van der Waals surface area contributed by atoms with Crippen molar-refractivity contribution in [2.45, 2.75) is 33.1 Å². The SMILES string of the molecule is CCCN=C(N)NCCCc1nn(-c2ccc(C)cc2)c(N)c1C#N.I. The number of guanidine groups is 1. The first-order chi connectivity index (χ1) is 12.1. The zero-order valence-corrected chi connectivity index (χ0v) is 17.5. The highest BCUT2D eigenvalue weighted by Crippen LogP contribution is 2.21. The first kappa shape index (κ1) is 21.8. The molecule has 0 saturated carbocycles. The maximum Gasteiger partial charge on any atom is 0.188 e. The Kier molecular flexibility index (Phi) is 8.92. The molecule has 2 aromatic rings. The number of nitrogen functional groups attached to an aromatic ring is 1. The van der Waals surface area contributed by atoms with Gasteiger partial charge in [-0.25, -0.2) is 4.68 Å². The smallest absolute Gasteiger partial charge is 0.188 e. The highest BCUT2D eigenvalue weighted by Gasteiger charge is 2.16. The van der Waals surface area contributed by atoms with Crippen molar-refractivity contribution in [2.75, 3.05) is 18.8 Å². The second-order valence-corrected chi connectivity index (χ2v) is 5.86. The number of aliphatic imine (C=N–C) groups is 1. The van der Waals surface area contributed by atoms with Crippen LogP contribution in [0.15, 0.2) is 29.3 Å². The molecule has 0 aliphatic carbocycles. The van der Waals surface area contributed by atoms with Gasteiger partial charge in [0.1, 0.15) is 17.5 Å². The molecule has 0 spiro atoms. The van der Waals surface area contributed by atoms with E-state index in [0.717, 1.165) is 30.6 Å². The molecule has 0 unspecified atom stereocenters. The molecule has 5 N–H and O–H groups in total. The van der Waals surface area contributed by atoms with Gasteiger partial charge in [0, 0.05) is 13.1 Å². The zero-order chi connectivity index (χ0) is 18.2. The summed E-state index contributed by atoms with van der Waals surface area (Å²) in [5.41, 5.74) is 15.0. The van der Waals surface area contributed by atoms with Gasteiger partial charge in [-0.1, -0.05) is 24.6 Å². The number of aryl methyl sites for hydroxylation is 2. The van der Waals surface area contributed by atoms with Crippen LogP contribution in [0, 0.1) is 18.3 Å². The molecular formula is C18H26IN7. The maximum absolute atomic E-state index is 9.41. The molecule has 7 nitrogen and oxygen atoms in total. The Morgan fingerprint density at radius 2 is 2.04 bits per heavy atom. The molecule has 140 valence electrons. The van der Waals surface area contributed by atoms with E-state index >= 15 is 0 Å². The van der Waals surface area contributed by atoms with Crippen molar-refractivity contribution < 1.29 is 0 Å². The lowest BCUT2D eigenvalue weighted by Gasteiger charge is -2.04. The van der Waals surface area contributed by atoms with E-state index in [1.807, 2.05) is 31.2 Å². The number of nitriles is 1. The van der Waals surface area contributed by atoms with Gasteiger partial charge in [0.2, 0.25) is 0 Å². The Balaban J connectivity index is 0.00000338. The second-order valence-electron chi connectivity index (χ2n) is 5.86. The highest BCUT2D eigenvalue weighted by atomic mass is 127. The van der Waals surface area contributed by atoms with Crippen molar-refractivity contribution in [3.05, 3.63) is 41.1 Å². The summed E-state index contributed by atoms with van der Waals surface area (Å²) in [6, 6.07) is 10.0. The van der Waals surface area contributed by atoms with Crippen molar-refractivity contribution in [1.82, 2.24) is 15.1 Å². The van der Waals surface area contributed by atoms with Gasteiger partial charge in [0.25, 0.3) is 0 Å². The van der Waals surface area contributed by atoms with E-state index in [1.165, 1.54) is 0 Å².